The van der Waals surface area contributed by atoms with Crippen molar-refractivity contribution < 1.29 is 50.9 Å². The second-order valence-electron chi connectivity index (χ2n) is 16.0. The number of benzene rings is 4. The average Bonchev–Trinajstić information content (AvgIpc) is 3.76. The predicted molar refractivity (Wildman–Crippen MR) is 206 cm³/mol. The van der Waals surface area contributed by atoms with Gasteiger partial charge in [-0.25, -0.2) is 0 Å². The summed E-state index contributed by atoms with van der Waals surface area (Å²) in [5.74, 6) is 3.33. The standard InChI is InChI=1S/2C22H23O.C3H6.2ClH.Ti/c2*1-23-20-12-10-17(11-13-20)21-9-5-8-18-14-19(15-22(18)21)16-6-3-2-4-7-16;1-3-2;;;/h2*5,8-16H,2-4,6-7H2,1H3;1-3H2;2*1H;/q;;;;;+2/p-2. The molecular weight excluding hydrogens is 715 g/mol. The molecule has 1 aliphatic heterocycles. The number of fused-ring (bicyclic) bond motifs is 2. The third-order valence-corrected chi connectivity index (χ3v) is 23.2. The van der Waals surface area contributed by atoms with Crippen LogP contribution in [-0.2, 0) is 16.6 Å². The van der Waals surface area contributed by atoms with Crippen LogP contribution in [0.1, 0.15) is 101 Å². The third-order valence-electron chi connectivity index (χ3n) is 13.6. The Bertz CT molecular complexity index is 1790. The van der Waals surface area contributed by atoms with Crippen molar-refractivity contribution in [2.75, 3.05) is 14.2 Å². The van der Waals surface area contributed by atoms with Crippen LogP contribution in [-0.4, -0.2) is 14.2 Å². The van der Waals surface area contributed by atoms with Crippen molar-refractivity contribution in [2.24, 2.45) is 11.8 Å². The Morgan fingerprint density at radius 2 is 0.885 bits per heavy atom. The van der Waals surface area contributed by atoms with Crippen LogP contribution in [0.4, 0.5) is 0 Å². The molecule has 1 saturated heterocycles. The molecule has 0 spiro atoms. The van der Waals surface area contributed by atoms with Crippen LogP contribution in [0.25, 0.3) is 34.4 Å². The zero-order chi connectivity index (χ0) is 33.7. The molecule has 270 valence electrons. The molecule has 0 radical (unpaired) electrons. The molecule has 2 atom stereocenters. The number of hydrogen-bond donors (Lipinski definition) is 0. The average molecular weight is 768 g/mol. The fraction of sp³-hybridized carbons (Fsp3) is 0.404. The van der Waals surface area contributed by atoms with E-state index >= 15 is 0 Å². The van der Waals surface area contributed by atoms with Crippen molar-refractivity contribution in [2.45, 2.75) is 88.5 Å². The normalized spacial score (nSPS) is 21.5. The van der Waals surface area contributed by atoms with Crippen LogP contribution in [0, 0.1) is 11.8 Å². The van der Waals surface area contributed by atoms with Crippen molar-refractivity contribution >= 4 is 12.2 Å². The van der Waals surface area contributed by atoms with Crippen molar-refractivity contribution in [1.29, 1.82) is 0 Å². The van der Waals surface area contributed by atoms with Crippen LogP contribution in [0.5, 0.6) is 11.5 Å². The summed E-state index contributed by atoms with van der Waals surface area (Å²) < 4.78 is 15.4. The second-order valence-corrected chi connectivity index (χ2v) is 23.2. The first-order chi connectivity index (χ1) is 24.7. The Morgan fingerprint density at radius 1 is 0.481 bits per heavy atom. The molecule has 4 aliphatic carbocycles. The summed E-state index contributed by atoms with van der Waals surface area (Å²) in [6.45, 7) is 0. The number of allylic oxidation sites excluding steroid dienone is 2. The van der Waals surface area contributed by atoms with Gasteiger partial charge in [-0.3, -0.25) is 0 Å². The van der Waals surface area contributed by atoms with E-state index in [0.717, 1.165) is 23.3 Å². The zero-order valence-electron chi connectivity index (χ0n) is 30.8. The molecule has 0 bridgehead atoms. The topological polar surface area (TPSA) is 18.5 Å². The molecule has 2 nitrogen and oxygen atoms in total. The minimum Gasteiger partial charge on any atom is -1.00 e. The Kier molecular flexibility index (Phi) is 11.5. The number of rotatable bonds is 8. The molecule has 1 heterocycles. The molecule has 0 aromatic heterocycles. The van der Waals surface area contributed by atoms with Crippen LogP contribution in [0.2, 0.25) is 9.45 Å². The SMILES string of the molecule is COc1ccc(-c2cccc3c2C=C(C2CCCCC2)[CH]3[Ti+2]2([CH]3C(C4CCCCC4)=Cc4c(-c5ccc(OC)cc5)cccc43)[CH2]C[CH2]2)cc1.[Cl-].[Cl-]. The van der Waals surface area contributed by atoms with Gasteiger partial charge in [0.05, 0.1) is 0 Å². The van der Waals surface area contributed by atoms with Gasteiger partial charge in [0, 0.05) is 0 Å². The minimum absolute atomic E-state index is 0. The van der Waals surface area contributed by atoms with Gasteiger partial charge in [-0.15, -0.1) is 0 Å². The van der Waals surface area contributed by atoms with E-state index in [1.54, 1.807) is 25.3 Å². The van der Waals surface area contributed by atoms with E-state index in [4.69, 9.17) is 9.47 Å². The first-order valence-electron chi connectivity index (χ1n) is 19.7. The van der Waals surface area contributed by atoms with E-state index in [2.05, 4.69) is 97.1 Å². The number of halogens is 2. The predicted octanol–water partition coefficient (Wildman–Crippen LogP) is 7.18. The molecular formula is C47H52Cl2O2Ti. The molecule has 2 unspecified atom stereocenters. The third kappa shape index (κ3) is 6.44. The van der Waals surface area contributed by atoms with Gasteiger partial charge in [-0.1, -0.05) is 0 Å². The summed E-state index contributed by atoms with van der Waals surface area (Å²) in [4.78, 5) is 0. The van der Waals surface area contributed by atoms with Gasteiger partial charge in [0.15, 0.2) is 0 Å². The maximum Gasteiger partial charge on any atom is -1.00 e. The summed E-state index contributed by atoms with van der Waals surface area (Å²) in [5.41, 5.74) is 15.6. The first kappa shape index (κ1) is 37.6. The van der Waals surface area contributed by atoms with Gasteiger partial charge in [-0.2, -0.15) is 0 Å². The smallest absolute Gasteiger partial charge is 1.00 e. The summed E-state index contributed by atoms with van der Waals surface area (Å²) in [6.07, 6.45) is 20.8. The van der Waals surface area contributed by atoms with Gasteiger partial charge in [0.1, 0.15) is 0 Å². The Labute approximate surface area is 327 Å². The molecule has 4 aromatic rings. The Hall–Kier alpha value is -2.75. The Balaban J connectivity index is 0.00000210. The van der Waals surface area contributed by atoms with Gasteiger partial charge in [0.2, 0.25) is 0 Å². The van der Waals surface area contributed by atoms with Gasteiger partial charge < -0.3 is 24.8 Å². The molecule has 5 aliphatic rings. The molecule has 5 heteroatoms. The Morgan fingerprint density at radius 3 is 1.23 bits per heavy atom. The molecule has 52 heavy (non-hydrogen) atoms. The molecule has 0 amide bonds. The van der Waals surface area contributed by atoms with Gasteiger partial charge in [0.25, 0.3) is 0 Å². The van der Waals surface area contributed by atoms with Crippen LogP contribution >= 0.6 is 0 Å². The molecule has 3 fully saturated rings. The van der Waals surface area contributed by atoms with E-state index in [-0.39, 0.29) is 24.8 Å². The minimum atomic E-state index is -2.67. The van der Waals surface area contributed by atoms with E-state index in [0.29, 0.717) is 8.45 Å². The van der Waals surface area contributed by atoms with Crippen molar-refractivity contribution in [1.82, 2.24) is 0 Å². The molecule has 0 N–H and O–H groups in total. The summed E-state index contributed by atoms with van der Waals surface area (Å²) in [6, 6.07) is 32.3. The van der Waals surface area contributed by atoms with Crippen molar-refractivity contribution in [3.8, 4) is 33.8 Å². The van der Waals surface area contributed by atoms with Crippen molar-refractivity contribution in [3.05, 3.63) is 118 Å². The molecule has 2 saturated carbocycles. The van der Waals surface area contributed by atoms with Crippen LogP contribution < -0.4 is 34.3 Å². The summed E-state index contributed by atoms with van der Waals surface area (Å²) in [5, 5.41) is 0. The quantitative estimate of drug-likeness (QED) is 0.177. The zero-order valence-corrected chi connectivity index (χ0v) is 33.9. The van der Waals surface area contributed by atoms with E-state index < -0.39 is 16.6 Å². The number of methoxy groups -OCH3 is 2. The summed E-state index contributed by atoms with van der Waals surface area (Å²) in [7, 11) is 3.53. The fourth-order valence-corrected chi connectivity index (χ4v) is 21.0. The second kappa shape index (κ2) is 15.9. The van der Waals surface area contributed by atoms with Crippen LogP contribution in [0.3, 0.4) is 0 Å². The maximum atomic E-state index is 5.56. The number of hydrogen-bond acceptors (Lipinski definition) is 2. The maximum absolute atomic E-state index is 5.56. The van der Waals surface area contributed by atoms with E-state index in [1.165, 1.54) is 113 Å². The largest absolute Gasteiger partial charge is 1.00 e. The summed E-state index contributed by atoms with van der Waals surface area (Å²) >= 11 is -2.67. The van der Waals surface area contributed by atoms with Crippen molar-refractivity contribution in [3.63, 3.8) is 0 Å². The fourth-order valence-electron chi connectivity index (χ4n) is 11.1. The molecule has 9 rings (SSSR count). The number of ether oxygens (including phenoxy) is 2. The monoisotopic (exact) mass is 766 g/mol. The molecule has 4 aromatic carbocycles. The van der Waals surface area contributed by atoms with Gasteiger partial charge >= 0.3 is 305 Å². The van der Waals surface area contributed by atoms with Gasteiger partial charge in [-0.05, 0) is 0 Å². The van der Waals surface area contributed by atoms with E-state index in [1.807, 2.05) is 11.1 Å². The first-order valence-corrected chi connectivity index (χ1v) is 23.7. The van der Waals surface area contributed by atoms with E-state index in [9.17, 15) is 0 Å². The van der Waals surface area contributed by atoms with Crippen LogP contribution in [0.15, 0.2) is 96.1 Å².